The minimum absolute atomic E-state index is 0.113. The number of thiophene rings is 1. The summed E-state index contributed by atoms with van der Waals surface area (Å²) in [6.07, 6.45) is 6.17. The summed E-state index contributed by atoms with van der Waals surface area (Å²) in [5, 5.41) is 11.2. The van der Waals surface area contributed by atoms with Gasteiger partial charge in [-0.05, 0) is 92.2 Å². The molecule has 0 amide bonds. The van der Waals surface area contributed by atoms with Gasteiger partial charge in [-0.2, -0.15) is 0 Å². The number of pyridine rings is 1. The quantitative estimate of drug-likeness (QED) is 0.217. The Labute approximate surface area is 226 Å². The molecule has 2 aromatic heterocycles. The van der Waals surface area contributed by atoms with Crippen LogP contribution in [-0.4, -0.2) is 43.0 Å². The van der Waals surface area contributed by atoms with E-state index < -0.39 is 6.09 Å². The van der Waals surface area contributed by atoms with Gasteiger partial charge in [0.1, 0.15) is 11.9 Å². The van der Waals surface area contributed by atoms with Crippen LogP contribution in [0.4, 0.5) is 10.5 Å². The van der Waals surface area contributed by atoms with Gasteiger partial charge in [-0.25, -0.2) is 9.36 Å². The van der Waals surface area contributed by atoms with Crippen LogP contribution in [0.25, 0.3) is 21.0 Å². The highest BCUT2D eigenvalue weighted by atomic mass is 32.1. The third kappa shape index (κ3) is 6.55. The molecule has 200 valence electrons. The first kappa shape index (κ1) is 26.3. The molecule has 2 N–H and O–H groups in total. The van der Waals surface area contributed by atoms with Gasteiger partial charge >= 0.3 is 6.09 Å². The number of nitrogens with one attached hydrogen (secondary N) is 2. The standard InChI is InChI=1S/C30H35N3O4S/c34-29-14-12-22-11-13-24(21-27(22)33(29)30(35)37-23-7-2-1-3-8-23)36-19-5-4-16-31-17-18-32-26-9-6-10-28-25(26)15-20-38-28/h6,9-15,20-21,23,31-32H,1-5,7-8,16-19H2. The Morgan fingerprint density at radius 2 is 1.84 bits per heavy atom. The molecule has 2 aromatic carbocycles. The number of carbonyl (C=O) groups is 1. The fourth-order valence-electron chi connectivity index (χ4n) is 4.97. The lowest BCUT2D eigenvalue weighted by molar-refractivity contribution is 0.0766. The number of fused-ring (bicyclic) bond motifs is 2. The van der Waals surface area contributed by atoms with Crippen LogP contribution >= 0.6 is 11.3 Å². The molecule has 4 aromatic rings. The van der Waals surface area contributed by atoms with Gasteiger partial charge in [-0.3, -0.25) is 4.79 Å². The van der Waals surface area contributed by atoms with Gasteiger partial charge < -0.3 is 20.1 Å². The average molecular weight is 534 g/mol. The summed E-state index contributed by atoms with van der Waals surface area (Å²) in [6, 6.07) is 17.2. The van der Waals surface area contributed by atoms with Gasteiger partial charge in [-0.1, -0.05) is 12.5 Å². The number of rotatable bonds is 11. The summed E-state index contributed by atoms with van der Waals surface area (Å²) in [5.74, 6) is 0.641. The van der Waals surface area contributed by atoms with Crippen molar-refractivity contribution >= 4 is 44.1 Å². The van der Waals surface area contributed by atoms with Crippen LogP contribution in [0.3, 0.4) is 0 Å². The minimum atomic E-state index is -0.600. The van der Waals surface area contributed by atoms with Gasteiger partial charge in [0.05, 0.1) is 12.1 Å². The summed E-state index contributed by atoms with van der Waals surface area (Å²) in [5.41, 5.74) is 1.31. The van der Waals surface area contributed by atoms with E-state index in [4.69, 9.17) is 9.47 Å². The molecule has 1 aliphatic carbocycles. The van der Waals surface area contributed by atoms with E-state index >= 15 is 0 Å². The van der Waals surface area contributed by atoms with E-state index in [2.05, 4.69) is 40.3 Å². The predicted molar refractivity (Wildman–Crippen MR) is 155 cm³/mol. The van der Waals surface area contributed by atoms with Gasteiger partial charge in [0.25, 0.3) is 5.56 Å². The second kappa shape index (κ2) is 12.9. The first-order valence-electron chi connectivity index (χ1n) is 13.6. The summed E-state index contributed by atoms with van der Waals surface area (Å²) in [6.45, 7) is 3.24. The SMILES string of the molecule is O=C(OC1CCCCC1)n1c(=O)ccc2ccc(OCCCCNCCNc3cccc4sccc34)cc21. The fourth-order valence-corrected chi connectivity index (χ4v) is 5.78. The highest BCUT2D eigenvalue weighted by Crippen LogP contribution is 2.27. The molecule has 2 heterocycles. The molecule has 0 radical (unpaired) electrons. The van der Waals surface area contributed by atoms with Crippen LogP contribution in [0.1, 0.15) is 44.9 Å². The molecule has 1 aliphatic rings. The number of benzene rings is 2. The third-order valence-corrected chi connectivity index (χ3v) is 7.88. The molecule has 1 fully saturated rings. The lowest BCUT2D eigenvalue weighted by Gasteiger charge is -2.22. The first-order chi connectivity index (χ1) is 18.7. The van der Waals surface area contributed by atoms with Gasteiger partial charge in [0, 0.05) is 41.0 Å². The number of nitrogens with zero attached hydrogens (tertiary/aromatic N) is 1. The summed E-state index contributed by atoms with van der Waals surface area (Å²) in [7, 11) is 0. The van der Waals surface area contributed by atoms with Crippen molar-refractivity contribution in [2.45, 2.75) is 51.0 Å². The van der Waals surface area contributed by atoms with Crippen molar-refractivity contribution in [1.29, 1.82) is 0 Å². The van der Waals surface area contributed by atoms with Crippen molar-refractivity contribution < 1.29 is 14.3 Å². The van der Waals surface area contributed by atoms with Crippen molar-refractivity contribution in [3.05, 3.63) is 70.3 Å². The Morgan fingerprint density at radius 3 is 2.74 bits per heavy atom. The van der Waals surface area contributed by atoms with E-state index in [-0.39, 0.29) is 11.7 Å². The molecule has 0 bridgehead atoms. The maximum Gasteiger partial charge on any atom is 0.421 e. The summed E-state index contributed by atoms with van der Waals surface area (Å²) in [4.78, 5) is 25.5. The van der Waals surface area contributed by atoms with Gasteiger partial charge in [0.2, 0.25) is 0 Å². The van der Waals surface area contributed by atoms with Crippen LogP contribution in [0.15, 0.2) is 64.8 Å². The number of hydrogen-bond acceptors (Lipinski definition) is 7. The molecule has 5 rings (SSSR count). The second-order valence-corrected chi connectivity index (χ2v) is 10.7. The Morgan fingerprint density at radius 1 is 0.974 bits per heavy atom. The van der Waals surface area contributed by atoms with E-state index in [1.807, 2.05) is 12.1 Å². The van der Waals surface area contributed by atoms with Crippen LogP contribution in [-0.2, 0) is 4.74 Å². The molecular formula is C30H35N3O4S. The Kier molecular flexibility index (Phi) is 8.94. The molecule has 0 aliphatic heterocycles. The first-order valence-corrected chi connectivity index (χ1v) is 14.5. The van der Waals surface area contributed by atoms with Crippen molar-refractivity contribution in [3.63, 3.8) is 0 Å². The Balaban J connectivity index is 1.06. The summed E-state index contributed by atoms with van der Waals surface area (Å²) >= 11 is 1.76. The molecular weight excluding hydrogens is 498 g/mol. The fraction of sp³-hybridized carbons (Fsp3) is 0.400. The van der Waals surface area contributed by atoms with E-state index in [1.165, 1.54) is 28.3 Å². The smallest absolute Gasteiger partial charge is 0.421 e. The lowest BCUT2D eigenvalue weighted by atomic mass is 9.98. The van der Waals surface area contributed by atoms with Crippen molar-refractivity contribution in [2.75, 3.05) is 31.6 Å². The van der Waals surface area contributed by atoms with Crippen LogP contribution in [0.2, 0.25) is 0 Å². The Bertz CT molecular complexity index is 1420. The third-order valence-electron chi connectivity index (χ3n) is 7.00. The van der Waals surface area contributed by atoms with Crippen LogP contribution in [0.5, 0.6) is 5.75 Å². The zero-order chi connectivity index (χ0) is 26.2. The number of unbranched alkanes of at least 4 members (excludes halogenated alkanes) is 1. The molecule has 1 saturated carbocycles. The molecule has 0 atom stereocenters. The largest absolute Gasteiger partial charge is 0.494 e. The van der Waals surface area contributed by atoms with Crippen LogP contribution < -0.4 is 20.9 Å². The molecule has 7 nitrogen and oxygen atoms in total. The lowest BCUT2D eigenvalue weighted by Crippen LogP contribution is -2.31. The average Bonchev–Trinajstić information content (AvgIpc) is 3.42. The van der Waals surface area contributed by atoms with E-state index in [0.29, 0.717) is 17.9 Å². The topological polar surface area (TPSA) is 81.6 Å². The zero-order valence-corrected chi connectivity index (χ0v) is 22.4. The molecule has 8 heteroatoms. The minimum Gasteiger partial charge on any atom is -0.494 e. The number of hydrogen-bond donors (Lipinski definition) is 2. The number of anilines is 1. The predicted octanol–water partition coefficient (Wildman–Crippen LogP) is 6.39. The second-order valence-electron chi connectivity index (χ2n) is 9.74. The van der Waals surface area contributed by atoms with E-state index in [0.717, 1.165) is 68.1 Å². The monoisotopic (exact) mass is 533 g/mol. The van der Waals surface area contributed by atoms with Gasteiger partial charge in [-0.15, -0.1) is 11.3 Å². The van der Waals surface area contributed by atoms with Crippen LogP contribution in [0, 0.1) is 0 Å². The molecule has 0 unspecified atom stereocenters. The van der Waals surface area contributed by atoms with Gasteiger partial charge in [0.15, 0.2) is 0 Å². The maximum absolute atomic E-state index is 12.9. The molecule has 38 heavy (non-hydrogen) atoms. The molecule has 0 saturated heterocycles. The number of aromatic nitrogens is 1. The highest BCUT2D eigenvalue weighted by molar-refractivity contribution is 7.17. The summed E-state index contributed by atoms with van der Waals surface area (Å²) < 4.78 is 14.1. The highest BCUT2D eigenvalue weighted by Gasteiger charge is 2.21. The van der Waals surface area contributed by atoms with E-state index in [1.54, 1.807) is 23.5 Å². The number of carbonyl (C=O) groups excluding carboxylic acids is 1. The normalized spacial score (nSPS) is 14.1. The maximum atomic E-state index is 12.9. The number of ether oxygens (including phenoxy) is 2. The van der Waals surface area contributed by atoms with E-state index in [9.17, 15) is 9.59 Å². The van der Waals surface area contributed by atoms with Crippen molar-refractivity contribution in [3.8, 4) is 5.75 Å². The van der Waals surface area contributed by atoms with Crippen molar-refractivity contribution in [1.82, 2.24) is 9.88 Å². The Hall–Kier alpha value is -3.36. The van der Waals surface area contributed by atoms with Crippen molar-refractivity contribution in [2.24, 2.45) is 0 Å². The zero-order valence-electron chi connectivity index (χ0n) is 21.6. The molecule has 0 spiro atoms.